The fraction of sp³-hybridized carbons (Fsp3) is 0.462. The maximum Gasteiger partial charge on any atom is 0.322 e. The molecule has 0 aliphatic carbocycles. The van der Waals surface area contributed by atoms with Gasteiger partial charge in [0.15, 0.2) is 0 Å². The Morgan fingerprint density at radius 2 is 2.22 bits per heavy atom. The van der Waals surface area contributed by atoms with E-state index in [0.29, 0.717) is 24.7 Å². The van der Waals surface area contributed by atoms with E-state index in [2.05, 4.69) is 10.6 Å². The number of carbonyl (C=O) groups is 1. The molecule has 0 fully saturated rings. The van der Waals surface area contributed by atoms with Crippen molar-refractivity contribution in [2.24, 2.45) is 0 Å². The molecule has 0 spiro atoms. The molecule has 0 bridgehead atoms. The van der Waals surface area contributed by atoms with Crippen molar-refractivity contribution in [3.63, 3.8) is 0 Å². The Hall–Kier alpha value is -1.26. The molecule has 2 N–H and O–H groups in total. The third kappa shape index (κ3) is 5.38. The number of esters is 1. The maximum absolute atomic E-state index is 11.3. The van der Waals surface area contributed by atoms with E-state index in [1.54, 1.807) is 13.8 Å². The molecule has 0 saturated heterocycles. The van der Waals surface area contributed by atoms with Gasteiger partial charge in [0.1, 0.15) is 6.04 Å². The molecular formula is C13H19ClN2O2. The van der Waals surface area contributed by atoms with E-state index >= 15 is 0 Å². The van der Waals surface area contributed by atoms with E-state index in [1.165, 1.54) is 0 Å². The van der Waals surface area contributed by atoms with Crippen molar-refractivity contribution in [1.29, 1.82) is 0 Å². The highest BCUT2D eigenvalue weighted by molar-refractivity contribution is 6.30. The third-order valence-electron chi connectivity index (χ3n) is 2.37. The minimum absolute atomic E-state index is 0.222. The Morgan fingerprint density at radius 1 is 1.44 bits per heavy atom. The highest BCUT2D eigenvalue weighted by Gasteiger charge is 2.11. The summed E-state index contributed by atoms with van der Waals surface area (Å²) in [5.74, 6) is -0.222. The topological polar surface area (TPSA) is 50.4 Å². The maximum atomic E-state index is 11.3. The number of nitrogens with one attached hydrogen (secondary N) is 2. The molecule has 0 aliphatic rings. The Bertz CT molecular complexity index is 385. The van der Waals surface area contributed by atoms with Gasteiger partial charge in [0, 0.05) is 23.8 Å². The van der Waals surface area contributed by atoms with Gasteiger partial charge in [0.2, 0.25) is 0 Å². The first kappa shape index (κ1) is 14.8. The molecule has 0 aromatic heterocycles. The van der Waals surface area contributed by atoms with Crippen LogP contribution in [0.5, 0.6) is 0 Å². The molecule has 4 nitrogen and oxygen atoms in total. The summed E-state index contributed by atoms with van der Waals surface area (Å²) in [4.78, 5) is 11.3. The predicted octanol–water partition coefficient (Wildman–Crippen LogP) is 2.29. The number of carbonyl (C=O) groups excluding carboxylic acids is 1. The number of hydrogen-bond acceptors (Lipinski definition) is 4. The lowest BCUT2D eigenvalue weighted by molar-refractivity contribution is -0.145. The fourth-order valence-corrected chi connectivity index (χ4v) is 1.63. The van der Waals surface area contributed by atoms with Gasteiger partial charge in [0.05, 0.1) is 6.61 Å². The van der Waals surface area contributed by atoms with Crippen LogP contribution in [0.25, 0.3) is 0 Å². The van der Waals surface area contributed by atoms with Gasteiger partial charge in [-0.15, -0.1) is 0 Å². The van der Waals surface area contributed by atoms with E-state index in [4.69, 9.17) is 16.3 Å². The van der Waals surface area contributed by atoms with Gasteiger partial charge >= 0.3 is 5.97 Å². The zero-order valence-electron chi connectivity index (χ0n) is 10.7. The van der Waals surface area contributed by atoms with E-state index in [0.717, 1.165) is 5.69 Å². The average molecular weight is 271 g/mol. The SMILES string of the molecule is CCOC(=O)[C@H](C)NCCNc1cccc(Cl)c1. The fourth-order valence-electron chi connectivity index (χ4n) is 1.44. The zero-order chi connectivity index (χ0) is 13.4. The van der Waals surface area contributed by atoms with E-state index in [9.17, 15) is 4.79 Å². The van der Waals surface area contributed by atoms with Crippen LogP contribution in [0.3, 0.4) is 0 Å². The van der Waals surface area contributed by atoms with Gasteiger partial charge in [-0.1, -0.05) is 17.7 Å². The minimum atomic E-state index is -0.286. The van der Waals surface area contributed by atoms with Gasteiger partial charge < -0.3 is 15.4 Å². The lowest BCUT2D eigenvalue weighted by Crippen LogP contribution is -2.38. The van der Waals surface area contributed by atoms with Crippen LogP contribution >= 0.6 is 11.6 Å². The van der Waals surface area contributed by atoms with Crippen molar-refractivity contribution in [2.75, 3.05) is 25.0 Å². The summed E-state index contributed by atoms with van der Waals surface area (Å²) >= 11 is 5.87. The highest BCUT2D eigenvalue weighted by Crippen LogP contribution is 2.14. The first-order chi connectivity index (χ1) is 8.63. The van der Waals surface area contributed by atoms with Gasteiger partial charge in [-0.25, -0.2) is 0 Å². The molecular weight excluding hydrogens is 252 g/mol. The summed E-state index contributed by atoms with van der Waals surface area (Å²) in [6.07, 6.45) is 0. The molecule has 1 atom stereocenters. The Kier molecular flexibility index (Phi) is 6.54. The Balaban J connectivity index is 2.20. The van der Waals surface area contributed by atoms with Crippen molar-refractivity contribution in [3.05, 3.63) is 29.3 Å². The molecule has 0 saturated carbocycles. The first-order valence-corrected chi connectivity index (χ1v) is 6.40. The second-order valence-corrected chi connectivity index (χ2v) is 4.30. The van der Waals surface area contributed by atoms with Gasteiger partial charge in [-0.3, -0.25) is 4.79 Å². The predicted molar refractivity (Wildman–Crippen MR) is 74.0 cm³/mol. The van der Waals surface area contributed by atoms with Crippen molar-refractivity contribution < 1.29 is 9.53 Å². The Labute approximate surface area is 113 Å². The zero-order valence-corrected chi connectivity index (χ0v) is 11.5. The van der Waals surface area contributed by atoms with Crippen molar-refractivity contribution in [2.45, 2.75) is 19.9 Å². The van der Waals surface area contributed by atoms with Crippen LogP contribution in [0.4, 0.5) is 5.69 Å². The van der Waals surface area contributed by atoms with Crippen LogP contribution in [0.15, 0.2) is 24.3 Å². The number of anilines is 1. The molecule has 0 aliphatic heterocycles. The Morgan fingerprint density at radius 3 is 2.89 bits per heavy atom. The van der Waals surface area contributed by atoms with Crippen molar-refractivity contribution in [3.8, 4) is 0 Å². The van der Waals surface area contributed by atoms with Gasteiger partial charge in [-0.05, 0) is 32.0 Å². The van der Waals surface area contributed by atoms with Gasteiger partial charge in [-0.2, -0.15) is 0 Å². The number of ether oxygens (including phenoxy) is 1. The van der Waals surface area contributed by atoms with E-state index in [1.807, 2.05) is 24.3 Å². The summed E-state index contributed by atoms with van der Waals surface area (Å²) < 4.78 is 4.90. The first-order valence-electron chi connectivity index (χ1n) is 6.03. The molecule has 100 valence electrons. The molecule has 0 radical (unpaired) electrons. The number of hydrogen-bond donors (Lipinski definition) is 2. The van der Waals surface area contributed by atoms with E-state index in [-0.39, 0.29) is 12.0 Å². The molecule has 1 aromatic carbocycles. The van der Waals surface area contributed by atoms with Crippen molar-refractivity contribution in [1.82, 2.24) is 5.32 Å². The molecule has 18 heavy (non-hydrogen) atoms. The van der Waals surface area contributed by atoms with Crippen LogP contribution in [-0.2, 0) is 9.53 Å². The van der Waals surface area contributed by atoms with Crippen molar-refractivity contribution >= 4 is 23.3 Å². The summed E-state index contributed by atoms with van der Waals surface area (Å²) in [5, 5.41) is 7.00. The molecule has 0 heterocycles. The molecule has 1 aromatic rings. The smallest absolute Gasteiger partial charge is 0.322 e. The minimum Gasteiger partial charge on any atom is -0.465 e. The lowest BCUT2D eigenvalue weighted by atomic mass is 10.3. The lowest BCUT2D eigenvalue weighted by Gasteiger charge is -2.13. The molecule has 0 unspecified atom stereocenters. The van der Waals surface area contributed by atoms with Crippen LogP contribution in [0.2, 0.25) is 5.02 Å². The van der Waals surface area contributed by atoms with Crippen LogP contribution in [0, 0.1) is 0 Å². The molecule has 1 rings (SSSR count). The second kappa shape index (κ2) is 7.95. The van der Waals surface area contributed by atoms with Crippen LogP contribution in [-0.4, -0.2) is 31.7 Å². The largest absolute Gasteiger partial charge is 0.465 e. The highest BCUT2D eigenvalue weighted by atomic mass is 35.5. The summed E-state index contributed by atoms with van der Waals surface area (Å²) in [6, 6.07) is 7.23. The number of halogens is 1. The molecule has 5 heteroatoms. The quantitative estimate of drug-likeness (QED) is 0.590. The number of benzene rings is 1. The average Bonchev–Trinajstić information content (AvgIpc) is 2.35. The number of rotatable bonds is 7. The van der Waals surface area contributed by atoms with Crippen LogP contribution in [0.1, 0.15) is 13.8 Å². The van der Waals surface area contributed by atoms with Crippen LogP contribution < -0.4 is 10.6 Å². The summed E-state index contributed by atoms with van der Waals surface area (Å²) in [6.45, 7) is 5.38. The summed E-state index contributed by atoms with van der Waals surface area (Å²) in [7, 11) is 0. The van der Waals surface area contributed by atoms with Gasteiger partial charge in [0.25, 0.3) is 0 Å². The third-order valence-corrected chi connectivity index (χ3v) is 2.60. The monoisotopic (exact) mass is 270 g/mol. The normalized spacial score (nSPS) is 11.9. The molecule has 0 amide bonds. The standard InChI is InChI=1S/C13H19ClN2O2/c1-3-18-13(17)10(2)15-7-8-16-12-6-4-5-11(14)9-12/h4-6,9-10,15-16H,3,7-8H2,1-2H3/t10-/m0/s1. The summed E-state index contributed by atoms with van der Waals surface area (Å²) in [5.41, 5.74) is 0.966. The van der Waals surface area contributed by atoms with E-state index < -0.39 is 0 Å². The second-order valence-electron chi connectivity index (χ2n) is 3.86.